The number of halogens is 1. The third-order valence-corrected chi connectivity index (χ3v) is 7.22. The van der Waals surface area contributed by atoms with Crippen molar-refractivity contribution in [3.8, 4) is 0 Å². The van der Waals surface area contributed by atoms with Crippen molar-refractivity contribution in [2.75, 3.05) is 16.8 Å². The van der Waals surface area contributed by atoms with Crippen LogP contribution in [0.4, 0.5) is 10.8 Å². The van der Waals surface area contributed by atoms with E-state index in [0.29, 0.717) is 18.1 Å². The first-order valence-corrected chi connectivity index (χ1v) is 11.6. The van der Waals surface area contributed by atoms with Gasteiger partial charge in [0, 0.05) is 16.8 Å². The molecular weight excluding hydrogens is 472 g/mol. The molecule has 2 heterocycles. The standard InChI is InChI=1S/C20H17BrN4O2S2/c21-15-8-4-5-9-16(15)25-11-10-14(18(25)27)17(26)22-19-23-24-20(29-19)28-12-13-6-2-1-3-7-13/h1-9,14H,10-12H2,(H,22,23,26). The molecule has 0 aliphatic carbocycles. The van der Waals surface area contributed by atoms with E-state index in [9.17, 15) is 9.59 Å². The Kier molecular flexibility index (Phi) is 6.27. The SMILES string of the molecule is O=C(Nc1nnc(SCc2ccccc2)s1)C1CCN(c2ccccc2Br)C1=O. The maximum Gasteiger partial charge on any atom is 0.239 e. The van der Waals surface area contributed by atoms with Gasteiger partial charge in [-0.25, -0.2) is 0 Å². The van der Waals surface area contributed by atoms with E-state index in [1.54, 1.807) is 16.7 Å². The van der Waals surface area contributed by atoms with Gasteiger partial charge in [0.15, 0.2) is 4.34 Å². The maximum atomic E-state index is 12.8. The molecule has 6 nitrogen and oxygen atoms in total. The number of benzene rings is 2. The molecule has 1 aromatic heterocycles. The van der Waals surface area contributed by atoms with E-state index < -0.39 is 5.92 Å². The van der Waals surface area contributed by atoms with Crippen LogP contribution in [-0.2, 0) is 15.3 Å². The summed E-state index contributed by atoms with van der Waals surface area (Å²) in [5.41, 5.74) is 1.98. The van der Waals surface area contributed by atoms with Gasteiger partial charge in [-0.3, -0.25) is 14.9 Å². The van der Waals surface area contributed by atoms with Crippen molar-refractivity contribution >= 4 is 61.7 Å². The molecule has 1 fully saturated rings. The Balaban J connectivity index is 1.36. The van der Waals surface area contributed by atoms with Crippen LogP contribution >= 0.6 is 39.0 Å². The second-order valence-corrected chi connectivity index (χ2v) is 9.47. The van der Waals surface area contributed by atoms with Gasteiger partial charge in [-0.1, -0.05) is 65.6 Å². The molecule has 0 spiro atoms. The molecule has 148 valence electrons. The van der Waals surface area contributed by atoms with Crippen LogP contribution in [0.25, 0.3) is 0 Å². The van der Waals surface area contributed by atoms with Gasteiger partial charge in [0.25, 0.3) is 0 Å². The monoisotopic (exact) mass is 488 g/mol. The van der Waals surface area contributed by atoms with Crippen LogP contribution in [0, 0.1) is 5.92 Å². The lowest BCUT2D eigenvalue weighted by molar-refractivity contribution is -0.129. The number of aromatic nitrogens is 2. The normalized spacial score (nSPS) is 16.2. The van der Waals surface area contributed by atoms with E-state index in [1.165, 1.54) is 16.9 Å². The number of para-hydroxylation sites is 1. The molecule has 0 radical (unpaired) electrons. The number of nitrogens with zero attached hydrogens (tertiary/aromatic N) is 3. The zero-order chi connectivity index (χ0) is 20.2. The average Bonchev–Trinajstić information content (AvgIpc) is 3.34. The lowest BCUT2D eigenvalue weighted by Gasteiger charge is -2.18. The van der Waals surface area contributed by atoms with Gasteiger partial charge < -0.3 is 4.90 Å². The minimum atomic E-state index is -0.716. The van der Waals surface area contributed by atoms with Gasteiger partial charge in [-0.15, -0.1) is 10.2 Å². The maximum absolute atomic E-state index is 12.8. The van der Waals surface area contributed by atoms with Crippen molar-refractivity contribution in [3.05, 3.63) is 64.6 Å². The number of rotatable bonds is 6. The summed E-state index contributed by atoms with van der Waals surface area (Å²) in [4.78, 5) is 27.0. The fourth-order valence-electron chi connectivity index (χ4n) is 3.06. The van der Waals surface area contributed by atoms with Crippen molar-refractivity contribution in [2.24, 2.45) is 5.92 Å². The lowest BCUT2D eigenvalue weighted by atomic mass is 10.1. The number of hydrogen-bond donors (Lipinski definition) is 1. The third kappa shape index (κ3) is 4.68. The van der Waals surface area contributed by atoms with Gasteiger partial charge in [-0.2, -0.15) is 0 Å². The van der Waals surface area contributed by atoms with Crippen molar-refractivity contribution in [1.29, 1.82) is 0 Å². The number of thioether (sulfide) groups is 1. The summed E-state index contributed by atoms with van der Waals surface area (Å²) in [5.74, 6) is -0.463. The number of amides is 2. The summed E-state index contributed by atoms with van der Waals surface area (Å²) in [5, 5.41) is 11.3. The van der Waals surface area contributed by atoms with E-state index in [0.717, 1.165) is 20.3 Å². The molecule has 2 aromatic carbocycles. The summed E-state index contributed by atoms with van der Waals surface area (Å²) < 4.78 is 1.61. The lowest BCUT2D eigenvalue weighted by Crippen LogP contribution is -2.33. The first-order chi connectivity index (χ1) is 14.1. The third-order valence-electron chi connectivity index (χ3n) is 4.51. The Morgan fingerprint density at radius 3 is 2.72 bits per heavy atom. The second kappa shape index (κ2) is 9.06. The average molecular weight is 489 g/mol. The Hall–Kier alpha value is -2.23. The number of carbonyl (C=O) groups is 2. The van der Waals surface area contributed by atoms with Crippen molar-refractivity contribution in [2.45, 2.75) is 16.5 Å². The summed E-state index contributed by atoms with van der Waals surface area (Å²) >= 11 is 6.35. The first kappa shape index (κ1) is 20.1. The molecule has 29 heavy (non-hydrogen) atoms. The highest BCUT2D eigenvalue weighted by Crippen LogP contribution is 2.33. The minimum absolute atomic E-state index is 0.197. The van der Waals surface area contributed by atoms with Crippen LogP contribution < -0.4 is 10.2 Å². The fraction of sp³-hybridized carbons (Fsp3) is 0.200. The zero-order valence-corrected chi connectivity index (χ0v) is 18.5. The van der Waals surface area contributed by atoms with Gasteiger partial charge in [0.2, 0.25) is 16.9 Å². The molecule has 4 rings (SSSR count). The first-order valence-electron chi connectivity index (χ1n) is 8.99. The van der Waals surface area contributed by atoms with E-state index >= 15 is 0 Å². The molecule has 1 aliphatic rings. The molecule has 1 unspecified atom stereocenters. The highest BCUT2D eigenvalue weighted by atomic mass is 79.9. The quantitative estimate of drug-likeness (QED) is 0.312. The minimum Gasteiger partial charge on any atom is -0.311 e. The number of nitrogens with one attached hydrogen (secondary N) is 1. The predicted molar refractivity (Wildman–Crippen MR) is 119 cm³/mol. The Bertz CT molecular complexity index is 1030. The second-order valence-electron chi connectivity index (χ2n) is 6.42. The molecule has 1 saturated heterocycles. The fourth-order valence-corrected chi connectivity index (χ4v) is 5.27. The van der Waals surface area contributed by atoms with Crippen LogP contribution in [0.3, 0.4) is 0 Å². The van der Waals surface area contributed by atoms with Crippen molar-refractivity contribution in [1.82, 2.24) is 10.2 Å². The van der Waals surface area contributed by atoms with Crippen LogP contribution in [0.5, 0.6) is 0 Å². The van der Waals surface area contributed by atoms with Gasteiger partial charge >= 0.3 is 0 Å². The van der Waals surface area contributed by atoms with E-state index in [-0.39, 0.29) is 11.8 Å². The Morgan fingerprint density at radius 1 is 1.17 bits per heavy atom. The summed E-state index contributed by atoms with van der Waals surface area (Å²) in [6.07, 6.45) is 0.473. The number of carbonyl (C=O) groups excluding carboxylic acids is 2. The van der Waals surface area contributed by atoms with Crippen molar-refractivity contribution in [3.63, 3.8) is 0 Å². The number of hydrogen-bond acceptors (Lipinski definition) is 6. The number of anilines is 2. The predicted octanol–water partition coefficient (Wildman–Crippen LogP) is 4.58. The van der Waals surface area contributed by atoms with Gasteiger partial charge in [0.05, 0.1) is 5.69 Å². The van der Waals surface area contributed by atoms with E-state index in [2.05, 4.69) is 43.6 Å². The molecule has 0 bridgehead atoms. The molecule has 1 atom stereocenters. The van der Waals surface area contributed by atoms with Crippen LogP contribution in [0.15, 0.2) is 63.4 Å². The van der Waals surface area contributed by atoms with Crippen LogP contribution in [0.2, 0.25) is 0 Å². The topological polar surface area (TPSA) is 75.2 Å². The Morgan fingerprint density at radius 2 is 1.93 bits per heavy atom. The van der Waals surface area contributed by atoms with E-state index in [4.69, 9.17) is 0 Å². The molecule has 0 saturated carbocycles. The van der Waals surface area contributed by atoms with Gasteiger partial charge in [-0.05, 0) is 40.0 Å². The van der Waals surface area contributed by atoms with E-state index in [1.807, 2.05) is 42.5 Å². The molecule has 1 N–H and O–H groups in total. The molecule has 2 amide bonds. The zero-order valence-electron chi connectivity index (χ0n) is 15.2. The Labute approximate surface area is 184 Å². The highest BCUT2D eigenvalue weighted by Gasteiger charge is 2.38. The highest BCUT2D eigenvalue weighted by molar-refractivity contribution is 9.10. The van der Waals surface area contributed by atoms with Crippen LogP contribution in [0.1, 0.15) is 12.0 Å². The van der Waals surface area contributed by atoms with Crippen molar-refractivity contribution < 1.29 is 9.59 Å². The smallest absolute Gasteiger partial charge is 0.239 e. The van der Waals surface area contributed by atoms with Gasteiger partial charge in [0.1, 0.15) is 5.92 Å². The largest absolute Gasteiger partial charge is 0.311 e. The summed E-state index contributed by atoms with van der Waals surface area (Å²) in [7, 11) is 0. The molecule has 1 aliphatic heterocycles. The molecular formula is C20H17BrN4O2S2. The summed E-state index contributed by atoms with van der Waals surface area (Å²) in [6.45, 7) is 0.508. The van der Waals surface area contributed by atoms with Crippen LogP contribution in [-0.4, -0.2) is 28.6 Å². The summed E-state index contributed by atoms with van der Waals surface area (Å²) in [6, 6.07) is 17.6. The molecule has 3 aromatic rings. The molecule has 9 heteroatoms.